The molecule has 0 aromatic heterocycles. The van der Waals surface area contributed by atoms with E-state index in [-0.39, 0.29) is 12.0 Å². The number of hydrogen-bond acceptors (Lipinski definition) is 2. The van der Waals surface area contributed by atoms with Gasteiger partial charge < -0.3 is 10.8 Å². The average Bonchev–Trinajstić information content (AvgIpc) is 2.11. The summed E-state index contributed by atoms with van der Waals surface area (Å²) in [6.07, 6.45) is 2.45. The van der Waals surface area contributed by atoms with E-state index in [1.54, 1.807) is 0 Å². The zero-order chi connectivity index (χ0) is 12.0. The van der Waals surface area contributed by atoms with Crippen molar-refractivity contribution in [1.82, 2.24) is 0 Å². The van der Waals surface area contributed by atoms with Crippen LogP contribution in [0.5, 0.6) is 0 Å². The molecule has 3 nitrogen and oxygen atoms in total. The lowest BCUT2D eigenvalue weighted by Gasteiger charge is -2.23. The minimum atomic E-state index is -0.669. The summed E-state index contributed by atoms with van der Waals surface area (Å²) in [6.45, 7) is 8.21. The van der Waals surface area contributed by atoms with Crippen molar-refractivity contribution in [3.05, 3.63) is 0 Å². The molecule has 0 heterocycles. The minimum Gasteiger partial charge on any atom is -0.481 e. The highest BCUT2D eigenvalue weighted by Crippen LogP contribution is 2.25. The maximum Gasteiger partial charge on any atom is 0.306 e. The van der Waals surface area contributed by atoms with Gasteiger partial charge in [-0.05, 0) is 38.0 Å². The lowest BCUT2D eigenvalue weighted by atomic mass is 9.83. The second kappa shape index (κ2) is 6.83. The fraction of sp³-hybridized carbons (Fsp3) is 0.917. The van der Waals surface area contributed by atoms with Gasteiger partial charge in [-0.1, -0.05) is 20.8 Å². The first-order valence-corrected chi connectivity index (χ1v) is 5.86. The lowest BCUT2D eigenvalue weighted by molar-refractivity contribution is -0.142. The van der Waals surface area contributed by atoms with E-state index in [0.29, 0.717) is 18.3 Å². The molecule has 90 valence electrons. The molecule has 0 saturated heterocycles. The molecule has 0 bridgehead atoms. The van der Waals surface area contributed by atoms with Crippen molar-refractivity contribution in [3.63, 3.8) is 0 Å². The Bertz CT molecular complexity index is 192. The largest absolute Gasteiger partial charge is 0.481 e. The molecule has 0 aliphatic heterocycles. The summed E-state index contributed by atoms with van der Waals surface area (Å²) in [5, 5.41) is 8.96. The maximum absolute atomic E-state index is 10.9. The summed E-state index contributed by atoms with van der Waals surface area (Å²) in [4.78, 5) is 10.9. The lowest BCUT2D eigenvalue weighted by Crippen LogP contribution is -2.24. The molecule has 3 heteroatoms. The summed E-state index contributed by atoms with van der Waals surface area (Å²) in [5.41, 5.74) is 5.74. The van der Waals surface area contributed by atoms with Gasteiger partial charge in [-0.3, -0.25) is 4.79 Å². The van der Waals surface area contributed by atoms with Gasteiger partial charge in [0.25, 0.3) is 0 Å². The third-order valence-electron chi connectivity index (χ3n) is 3.21. The van der Waals surface area contributed by atoms with Crippen molar-refractivity contribution in [3.8, 4) is 0 Å². The topological polar surface area (TPSA) is 63.3 Å². The third-order valence-corrected chi connectivity index (χ3v) is 3.21. The van der Waals surface area contributed by atoms with Gasteiger partial charge in [0.1, 0.15) is 0 Å². The number of rotatable bonds is 7. The molecule has 15 heavy (non-hydrogen) atoms. The van der Waals surface area contributed by atoms with Crippen LogP contribution in [-0.2, 0) is 4.79 Å². The van der Waals surface area contributed by atoms with Crippen molar-refractivity contribution >= 4 is 5.97 Å². The fourth-order valence-electron chi connectivity index (χ4n) is 1.94. The molecule has 4 unspecified atom stereocenters. The Morgan fingerprint density at radius 2 is 1.67 bits per heavy atom. The van der Waals surface area contributed by atoms with Crippen LogP contribution in [0.3, 0.4) is 0 Å². The normalized spacial score (nSPS) is 19.3. The van der Waals surface area contributed by atoms with E-state index >= 15 is 0 Å². The van der Waals surface area contributed by atoms with Crippen LogP contribution in [0.2, 0.25) is 0 Å². The molecule has 0 saturated carbocycles. The first-order chi connectivity index (χ1) is 6.88. The Hall–Kier alpha value is -0.570. The number of carboxylic acid groups (broad SMARTS) is 1. The maximum atomic E-state index is 10.9. The Kier molecular flexibility index (Phi) is 6.57. The van der Waals surface area contributed by atoms with Crippen LogP contribution in [0, 0.1) is 17.8 Å². The first kappa shape index (κ1) is 14.4. The molecule has 0 aliphatic carbocycles. The van der Waals surface area contributed by atoms with Gasteiger partial charge in [0.2, 0.25) is 0 Å². The van der Waals surface area contributed by atoms with E-state index in [2.05, 4.69) is 13.8 Å². The average molecular weight is 215 g/mol. The van der Waals surface area contributed by atoms with Crippen LogP contribution in [0.25, 0.3) is 0 Å². The number of aliphatic carboxylic acids is 1. The smallest absolute Gasteiger partial charge is 0.306 e. The number of carboxylic acids is 1. The molecule has 0 radical (unpaired) electrons. The van der Waals surface area contributed by atoms with Crippen molar-refractivity contribution in [2.24, 2.45) is 23.5 Å². The third kappa shape index (κ3) is 5.78. The van der Waals surface area contributed by atoms with Crippen molar-refractivity contribution < 1.29 is 9.90 Å². The van der Waals surface area contributed by atoms with Crippen LogP contribution in [-0.4, -0.2) is 17.1 Å². The van der Waals surface area contributed by atoms with Gasteiger partial charge in [0.05, 0.1) is 5.92 Å². The quantitative estimate of drug-likeness (QED) is 0.686. The number of hydrogen-bond donors (Lipinski definition) is 2. The SMILES string of the molecule is CCC(CC(C)C(C)CC(C)N)C(=O)O. The van der Waals surface area contributed by atoms with E-state index < -0.39 is 5.97 Å². The standard InChI is InChI=1S/C12H25NO2/c1-5-11(12(14)15)7-9(3)8(2)6-10(4)13/h8-11H,5-7,13H2,1-4H3,(H,14,15). The van der Waals surface area contributed by atoms with Gasteiger partial charge in [0, 0.05) is 6.04 Å². The fourth-order valence-corrected chi connectivity index (χ4v) is 1.94. The highest BCUT2D eigenvalue weighted by atomic mass is 16.4. The zero-order valence-electron chi connectivity index (χ0n) is 10.4. The van der Waals surface area contributed by atoms with Gasteiger partial charge in [-0.15, -0.1) is 0 Å². The van der Waals surface area contributed by atoms with Gasteiger partial charge in [-0.2, -0.15) is 0 Å². The second-order valence-electron chi connectivity index (χ2n) is 4.85. The summed E-state index contributed by atoms with van der Waals surface area (Å²) < 4.78 is 0. The van der Waals surface area contributed by atoms with Crippen LogP contribution in [0.15, 0.2) is 0 Å². The molecule has 0 aromatic rings. The Labute approximate surface area is 93.0 Å². The predicted molar refractivity (Wildman–Crippen MR) is 62.6 cm³/mol. The number of carbonyl (C=O) groups is 1. The van der Waals surface area contributed by atoms with Gasteiger partial charge in [-0.25, -0.2) is 0 Å². The molecule has 0 fully saturated rings. The summed E-state index contributed by atoms with van der Waals surface area (Å²) in [7, 11) is 0. The molecule has 4 atom stereocenters. The van der Waals surface area contributed by atoms with Crippen LogP contribution in [0.4, 0.5) is 0 Å². The summed E-state index contributed by atoms with van der Waals surface area (Å²) in [5.74, 6) is 0.0586. The predicted octanol–water partition coefficient (Wildman–Crippen LogP) is 2.50. The monoisotopic (exact) mass is 215 g/mol. The molecular weight excluding hydrogens is 190 g/mol. The molecule has 0 spiro atoms. The van der Waals surface area contributed by atoms with Crippen molar-refractivity contribution in [2.75, 3.05) is 0 Å². The second-order valence-corrected chi connectivity index (χ2v) is 4.85. The minimum absolute atomic E-state index is 0.199. The van der Waals surface area contributed by atoms with Crippen LogP contribution in [0.1, 0.15) is 47.0 Å². The van der Waals surface area contributed by atoms with Crippen LogP contribution >= 0.6 is 0 Å². The zero-order valence-corrected chi connectivity index (χ0v) is 10.4. The summed E-state index contributed by atoms with van der Waals surface area (Å²) in [6, 6.07) is 0.201. The highest BCUT2D eigenvalue weighted by molar-refractivity contribution is 5.69. The van der Waals surface area contributed by atoms with E-state index in [9.17, 15) is 4.79 Å². The summed E-state index contributed by atoms with van der Waals surface area (Å²) >= 11 is 0. The van der Waals surface area contributed by atoms with Crippen molar-refractivity contribution in [2.45, 2.75) is 53.0 Å². The van der Waals surface area contributed by atoms with E-state index in [1.807, 2.05) is 13.8 Å². The molecule has 0 rings (SSSR count). The Morgan fingerprint density at radius 3 is 2.00 bits per heavy atom. The Morgan fingerprint density at radius 1 is 1.20 bits per heavy atom. The van der Waals surface area contributed by atoms with E-state index in [4.69, 9.17) is 10.8 Å². The Balaban J connectivity index is 4.09. The molecule has 0 amide bonds. The molecule has 0 aliphatic rings. The van der Waals surface area contributed by atoms with E-state index in [0.717, 1.165) is 12.8 Å². The van der Waals surface area contributed by atoms with Gasteiger partial charge in [0.15, 0.2) is 0 Å². The number of nitrogens with two attached hydrogens (primary N) is 1. The molecular formula is C12H25NO2. The first-order valence-electron chi connectivity index (χ1n) is 5.86. The van der Waals surface area contributed by atoms with Crippen LogP contribution < -0.4 is 5.73 Å². The van der Waals surface area contributed by atoms with E-state index in [1.165, 1.54) is 0 Å². The molecule has 3 N–H and O–H groups in total. The molecule has 0 aromatic carbocycles. The highest BCUT2D eigenvalue weighted by Gasteiger charge is 2.22. The van der Waals surface area contributed by atoms with Gasteiger partial charge >= 0.3 is 5.97 Å². The van der Waals surface area contributed by atoms with Crippen molar-refractivity contribution in [1.29, 1.82) is 0 Å².